The molecule has 1 N–H and O–H groups in total. The fourth-order valence-electron chi connectivity index (χ4n) is 2.61. The second-order valence-electron chi connectivity index (χ2n) is 4.75. The maximum absolute atomic E-state index is 5.72. The lowest BCUT2D eigenvalue weighted by Gasteiger charge is -2.30. The monoisotopic (exact) mass is 219 g/mol. The van der Waals surface area contributed by atoms with E-state index in [1.54, 1.807) is 0 Å². The number of ether oxygens (including phenoxy) is 1. The van der Waals surface area contributed by atoms with E-state index in [1.807, 2.05) is 7.05 Å². The molecule has 2 nitrogen and oxygen atoms in total. The smallest absolute Gasteiger partial charge is 0.0535 e. The topological polar surface area (TPSA) is 21.3 Å². The SMILES string of the molecule is CNCC1COCC(c2ccccc2C)C1. The molecule has 2 rings (SSSR count). The van der Waals surface area contributed by atoms with E-state index in [0.29, 0.717) is 11.8 Å². The number of rotatable bonds is 3. The maximum atomic E-state index is 5.72. The lowest BCUT2D eigenvalue weighted by atomic mass is 9.85. The zero-order valence-electron chi connectivity index (χ0n) is 10.2. The molecule has 0 radical (unpaired) electrons. The molecule has 1 aliphatic heterocycles. The predicted molar refractivity (Wildman–Crippen MR) is 66.8 cm³/mol. The molecule has 2 unspecified atom stereocenters. The van der Waals surface area contributed by atoms with E-state index >= 15 is 0 Å². The highest BCUT2D eigenvalue weighted by molar-refractivity contribution is 5.29. The largest absolute Gasteiger partial charge is 0.380 e. The van der Waals surface area contributed by atoms with Crippen molar-refractivity contribution in [3.8, 4) is 0 Å². The van der Waals surface area contributed by atoms with Crippen LogP contribution in [0.15, 0.2) is 24.3 Å². The lowest BCUT2D eigenvalue weighted by Crippen LogP contribution is -2.31. The van der Waals surface area contributed by atoms with Crippen LogP contribution in [0.3, 0.4) is 0 Å². The van der Waals surface area contributed by atoms with E-state index in [0.717, 1.165) is 19.8 Å². The Labute approximate surface area is 98.0 Å². The van der Waals surface area contributed by atoms with Gasteiger partial charge in [0.25, 0.3) is 0 Å². The van der Waals surface area contributed by atoms with E-state index < -0.39 is 0 Å². The fourth-order valence-corrected chi connectivity index (χ4v) is 2.61. The number of nitrogens with one attached hydrogen (secondary N) is 1. The second-order valence-corrected chi connectivity index (χ2v) is 4.75. The molecule has 88 valence electrons. The Morgan fingerprint density at radius 3 is 2.88 bits per heavy atom. The summed E-state index contributed by atoms with van der Waals surface area (Å²) in [7, 11) is 2.01. The van der Waals surface area contributed by atoms with Gasteiger partial charge in [-0.3, -0.25) is 0 Å². The average molecular weight is 219 g/mol. The third kappa shape index (κ3) is 2.63. The van der Waals surface area contributed by atoms with Crippen LogP contribution in [0.25, 0.3) is 0 Å². The Kier molecular flexibility index (Phi) is 3.97. The van der Waals surface area contributed by atoms with Crippen molar-refractivity contribution in [3.05, 3.63) is 35.4 Å². The van der Waals surface area contributed by atoms with Crippen molar-refractivity contribution in [3.63, 3.8) is 0 Å². The van der Waals surface area contributed by atoms with Crippen LogP contribution >= 0.6 is 0 Å². The Bertz CT molecular complexity index is 335. The van der Waals surface area contributed by atoms with Gasteiger partial charge in [0.15, 0.2) is 0 Å². The summed E-state index contributed by atoms with van der Waals surface area (Å²) in [6, 6.07) is 8.67. The first-order chi connectivity index (χ1) is 7.81. The molecule has 16 heavy (non-hydrogen) atoms. The molecular formula is C14H21NO. The molecular weight excluding hydrogens is 198 g/mol. The van der Waals surface area contributed by atoms with Crippen LogP contribution in [0.2, 0.25) is 0 Å². The van der Waals surface area contributed by atoms with Gasteiger partial charge >= 0.3 is 0 Å². The molecule has 1 aromatic rings. The van der Waals surface area contributed by atoms with Gasteiger partial charge in [-0.05, 0) is 44.0 Å². The molecule has 0 spiro atoms. The zero-order chi connectivity index (χ0) is 11.4. The third-order valence-electron chi connectivity index (χ3n) is 3.41. The van der Waals surface area contributed by atoms with Crippen LogP contribution in [0.4, 0.5) is 0 Å². The van der Waals surface area contributed by atoms with E-state index in [4.69, 9.17) is 4.74 Å². The first-order valence-corrected chi connectivity index (χ1v) is 6.09. The highest BCUT2D eigenvalue weighted by Gasteiger charge is 2.24. The van der Waals surface area contributed by atoms with Gasteiger partial charge in [-0.15, -0.1) is 0 Å². The van der Waals surface area contributed by atoms with Gasteiger partial charge in [0.2, 0.25) is 0 Å². The molecule has 1 heterocycles. The highest BCUT2D eigenvalue weighted by atomic mass is 16.5. The molecule has 2 atom stereocenters. The summed E-state index contributed by atoms with van der Waals surface area (Å²) < 4.78 is 5.72. The van der Waals surface area contributed by atoms with Crippen LogP contribution < -0.4 is 5.32 Å². The Morgan fingerprint density at radius 2 is 2.12 bits per heavy atom. The van der Waals surface area contributed by atoms with Gasteiger partial charge in [-0.25, -0.2) is 0 Å². The minimum Gasteiger partial charge on any atom is -0.380 e. The second kappa shape index (κ2) is 5.46. The van der Waals surface area contributed by atoms with Crippen molar-refractivity contribution in [2.24, 2.45) is 5.92 Å². The standard InChI is InChI=1S/C14H21NO/c1-11-5-3-4-6-14(11)13-7-12(8-15-2)9-16-10-13/h3-6,12-13,15H,7-10H2,1-2H3. The van der Waals surface area contributed by atoms with E-state index in [9.17, 15) is 0 Å². The molecule has 1 saturated heterocycles. The molecule has 0 aliphatic carbocycles. The van der Waals surface area contributed by atoms with Gasteiger partial charge in [0, 0.05) is 5.92 Å². The molecule has 0 saturated carbocycles. The Hall–Kier alpha value is -0.860. The quantitative estimate of drug-likeness (QED) is 0.842. The van der Waals surface area contributed by atoms with Crippen molar-refractivity contribution in [2.75, 3.05) is 26.8 Å². The van der Waals surface area contributed by atoms with Gasteiger partial charge in [0.05, 0.1) is 13.2 Å². The summed E-state index contributed by atoms with van der Waals surface area (Å²) in [5.41, 5.74) is 2.85. The molecule has 1 aromatic carbocycles. The molecule has 0 amide bonds. The van der Waals surface area contributed by atoms with Crippen LogP contribution in [0, 0.1) is 12.8 Å². The third-order valence-corrected chi connectivity index (χ3v) is 3.41. The fraction of sp³-hybridized carbons (Fsp3) is 0.571. The normalized spacial score (nSPS) is 25.6. The van der Waals surface area contributed by atoms with Crippen LogP contribution in [0.1, 0.15) is 23.5 Å². The number of hydrogen-bond donors (Lipinski definition) is 1. The molecule has 0 bridgehead atoms. The highest BCUT2D eigenvalue weighted by Crippen LogP contribution is 2.30. The van der Waals surface area contributed by atoms with Crippen molar-refractivity contribution in [2.45, 2.75) is 19.3 Å². The summed E-state index contributed by atoms with van der Waals surface area (Å²) in [5, 5.41) is 3.24. The first-order valence-electron chi connectivity index (χ1n) is 6.09. The minimum absolute atomic E-state index is 0.577. The van der Waals surface area contributed by atoms with E-state index in [2.05, 4.69) is 36.5 Å². The van der Waals surface area contributed by atoms with Crippen LogP contribution in [-0.2, 0) is 4.74 Å². The number of aryl methyl sites for hydroxylation is 1. The van der Waals surface area contributed by atoms with Crippen molar-refractivity contribution < 1.29 is 4.74 Å². The minimum atomic E-state index is 0.577. The molecule has 1 aliphatic rings. The summed E-state index contributed by atoms with van der Waals surface area (Å²) >= 11 is 0. The number of hydrogen-bond acceptors (Lipinski definition) is 2. The average Bonchev–Trinajstić information content (AvgIpc) is 2.30. The van der Waals surface area contributed by atoms with Gasteiger partial charge in [-0.2, -0.15) is 0 Å². The van der Waals surface area contributed by atoms with E-state index in [-0.39, 0.29) is 0 Å². The predicted octanol–water partition coefficient (Wildman–Crippen LogP) is 2.33. The zero-order valence-corrected chi connectivity index (χ0v) is 10.2. The van der Waals surface area contributed by atoms with E-state index in [1.165, 1.54) is 17.5 Å². The lowest BCUT2D eigenvalue weighted by molar-refractivity contribution is 0.0398. The molecule has 1 fully saturated rings. The van der Waals surface area contributed by atoms with Gasteiger partial charge in [0.1, 0.15) is 0 Å². The summed E-state index contributed by atoms with van der Waals surface area (Å²) in [5.74, 6) is 1.23. The van der Waals surface area contributed by atoms with Crippen LogP contribution in [0.5, 0.6) is 0 Å². The maximum Gasteiger partial charge on any atom is 0.0535 e. The number of benzene rings is 1. The van der Waals surface area contributed by atoms with Crippen molar-refractivity contribution in [1.29, 1.82) is 0 Å². The summed E-state index contributed by atoms with van der Waals surface area (Å²) in [4.78, 5) is 0. The Morgan fingerprint density at radius 1 is 1.31 bits per heavy atom. The van der Waals surface area contributed by atoms with Gasteiger partial charge in [-0.1, -0.05) is 24.3 Å². The summed E-state index contributed by atoms with van der Waals surface area (Å²) in [6.45, 7) is 5.04. The van der Waals surface area contributed by atoms with Crippen molar-refractivity contribution >= 4 is 0 Å². The van der Waals surface area contributed by atoms with Crippen molar-refractivity contribution in [1.82, 2.24) is 5.32 Å². The van der Waals surface area contributed by atoms with Crippen LogP contribution in [-0.4, -0.2) is 26.8 Å². The molecule has 0 aromatic heterocycles. The Balaban J connectivity index is 2.07. The summed E-state index contributed by atoms with van der Waals surface area (Å²) in [6.07, 6.45) is 1.24. The molecule has 2 heteroatoms. The first kappa shape index (κ1) is 11.6. The van der Waals surface area contributed by atoms with Gasteiger partial charge < -0.3 is 10.1 Å².